The lowest BCUT2D eigenvalue weighted by molar-refractivity contribution is -0.121. The molecule has 2 aromatic rings. The number of aryl methyl sites for hydroxylation is 1. The van der Waals surface area contributed by atoms with Crippen LogP contribution in [0.25, 0.3) is 0 Å². The van der Waals surface area contributed by atoms with Gasteiger partial charge in [-0.05, 0) is 88.1 Å². The van der Waals surface area contributed by atoms with Crippen LogP contribution in [0.3, 0.4) is 0 Å². The van der Waals surface area contributed by atoms with Crippen molar-refractivity contribution < 1.29 is 19.4 Å². The maximum atomic E-state index is 12.3. The number of carbonyl (C=O) groups is 2. The molecular formula is C30H43BrN2O4. The third kappa shape index (κ3) is 9.46. The highest BCUT2D eigenvalue weighted by Gasteiger charge is 2.25. The lowest BCUT2D eigenvalue weighted by atomic mass is 9.80. The zero-order valence-corrected chi connectivity index (χ0v) is 24.7. The van der Waals surface area contributed by atoms with Crippen LogP contribution >= 0.6 is 15.9 Å². The Kier molecular flexibility index (Phi) is 12.6. The van der Waals surface area contributed by atoms with E-state index in [1.165, 1.54) is 19.3 Å². The standard InChI is InChI=1S/C17H25NO2.C13H18BrNO2/c1-4-13-6-8-14(9-7-13)17(19)18-15-10-5-12(2)16(11-15)20-3;1-4-11-12(9(3)17)5-10(6-13(11)14)15-7-8(2)16/h5,10-11,13-14H,4,6-9H2,1-3H3,(H,18,19);5-6,8,15-16H,4,7H2,1-3H3. The smallest absolute Gasteiger partial charge is 0.227 e. The summed E-state index contributed by atoms with van der Waals surface area (Å²) in [6, 6.07) is 9.59. The number of anilines is 2. The van der Waals surface area contributed by atoms with Crippen LogP contribution in [0.15, 0.2) is 34.8 Å². The number of hydrogen-bond donors (Lipinski definition) is 3. The predicted molar refractivity (Wildman–Crippen MR) is 156 cm³/mol. The second-order valence-corrected chi connectivity index (χ2v) is 10.8. The molecule has 7 heteroatoms. The van der Waals surface area contributed by atoms with Gasteiger partial charge in [0.25, 0.3) is 0 Å². The molecule has 1 saturated carbocycles. The Morgan fingerprint density at radius 2 is 1.78 bits per heavy atom. The summed E-state index contributed by atoms with van der Waals surface area (Å²) < 4.78 is 6.22. The summed E-state index contributed by atoms with van der Waals surface area (Å²) in [4.78, 5) is 23.9. The molecule has 2 aromatic carbocycles. The summed E-state index contributed by atoms with van der Waals surface area (Å²) in [6.07, 6.45) is 6.05. The number of amides is 1. The van der Waals surface area contributed by atoms with Gasteiger partial charge in [-0.1, -0.05) is 42.3 Å². The van der Waals surface area contributed by atoms with E-state index in [0.717, 1.165) is 63.5 Å². The molecule has 3 N–H and O–H groups in total. The average Bonchev–Trinajstić information content (AvgIpc) is 2.88. The first kappa shape index (κ1) is 30.8. The molecule has 6 nitrogen and oxygen atoms in total. The summed E-state index contributed by atoms with van der Waals surface area (Å²) in [5.74, 6) is 2.02. The summed E-state index contributed by atoms with van der Waals surface area (Å²) in [7, 11) is 1.65. The fourth-order valence-electron chi connectivity index (χ4n) is 4.65. The predicted octanol–water partition coefficient (Wildman–Crippen LogP) is 7.17. The first-order chi connectivity index (χ1) is 17.6. The van der Waals surface area contributed by atoms with Crippen molar-refractivity contribution in [3.8, 4) is 5.75 Å². The third-order valence-corrected chi connectivity index (χ3v) is 7.71. The molecule has 1 atom stereocenters. The molecular weight excluding hydrogens is 532 g/mol. The van der Waals surface area contributed by atoms with Gasteiger partial charge in [0.1, 0.15) is 5.75 Å². The summed E-state index contributed by atoms with van der Waals surface area (Å²) in [5, 5.41) is 15.3. The van der Waals surface area contributed by atoms with Crippen LogP contribution in [0.4, 0.5) is 11.4 Å². The average molecular weight is 576 g/mol. The van der Waals surface area contributed by atoms with Gasteiger partial charge in [0.15, 0.2) is 5.78 Å². The second-order valence-electron chi connectivity index (χ2n) is 9.92. The SMILES string of the molecule is CCC1CCC(C(=O)Nc2ccc(C)c(OC)c2)CC1.CCc1c(Br)cc(NCC(C)O)cc1C(C)=O. The Bertz CT molecular complexity index is 1050. The maximum absolute atomic E-state index is 12.3. The van der Waals surface area contributed by atoms with E-state index in [0.29, 0.717) is 6.54 Å². The van der Waals surface area contributed by atoms with E-state index in [4.69, 9.17) is 4.74 Å². The van der Waals surface area contributed by atoms with Gasteiger partial charge in [-0.2, -0.15) is 0 Å². The molecule has 1 aliphatic carbocycles. The molecule has 1 fully saturated rings. The number of nitrogens with one attached hydrogen (secondary N) is 2. The number of aliphatic hydroxyl groups is 1. The van der Waals surface area contributed by atoms with Crippen molar-refractivity contribution >= 4 is 39.0 Å². The second kappa shape index (κ2) is 15.1. The third-order valence-electron chi connectivity index (χ3n) is 7.00. The number of carbonyl (C=O) groups excluding carboxylic acids is 2. The highest BCUT2D eigenvalue weighted by Crippen LogP contribution is 2.32. The quantitative estimate of drug-likeness (QED) is 0.276. The molecule has 0 saturated heterocycles. The molecule has 0 aromatic heterocycles. The number of aliphatic hydroxyl groups excluding tert-OH is 1. The van der Waals surface area contributed by atoms with Crippen molar-refractivity contribution in [1.29, 1.82) is 0 Å². The number of hydrogen-bond acceptors (Lipinski definition) is 5. The van der Waals surface area contributed by atoms with Crippen molar-refractivity contribution in [2.24, 2.45) is 11.8 Å². The van der Waals surface area contributed by atoms with Crippen molar-refractivity contribution in [3.05, 3.63) is 51.5 Å². The van der Waals surface area contributed by atoms with E-state index in [1.54, 1.807) is 21.0 Å². The number of ether oxygens (including phenoxy) is 1. The van der Waals surface area contributed by atoms with Gasteiger partial charge in [0, 0.05) is 39.9 Å². The van der Waals surface area contributed by atoms with Gasteiger partial charge in [0.2, 0.25) is 5.91 Å². The van der Waals surface area contributed by atoms with Crippen LogP contribution in [0.1, 0.15) is 81.3 Å². The monoisotopic (exact) mass is 574 g/mol. The van der Waals surface area contributed by atoms with Crippen LogP contribution in [0.5, 0.6) is 5.75 Å². The first-order valence-electron chi connectivity index (χ1n) is 13.3. The zero-order chi connectivity index (χ0) is 27.5. The topological polar surface area (TPSA) is 87.7 Å². The molecule has 0 aliphatic heterocycles. The number of ketones is 1. The molecule has 0 heterocycles. The van der Waals surface area contributed by atoms with Gasteiger partial charge in [-0.15, -0.1) is 0 Å². The Labute approximate surface area is 230 Å². The Morgan fingerprint density at radius 3 is 2.32 bits per heavy atom. The summed E-state index contributed by atoms with van der Waals surface area (Å²) in [5.41, 5.74) is 4.51. The number of rotatable bonds is 9. The van der Waals surface area contributed by atoms with Crippen LogP contribution in [-0.4, -0.2) is 36.6 Å². The van der Waals surface area contributed by atoms with Crippen molar-refractivity contribution in [2.45, 2.75) is 79.2 Å². The number of methoxy groups -OCH3 is 1. The largest absolute Gasteiger partial charge is 0.496 e. The van der Waals surface area contributed by atoms with E-state index in [-0.39, 0.29) is 17.6 Å². The number of benzene rings is 2. The van der Waals surface area contributed by atoms with Gasteiger partial charge >= 0.3 is 0 Å². The van der Waals surface area contributed by atoms with Gasteiger partial charge in [-0.25, -0.2) is 0 Å². The molecule has 1 unspecified atom stereocenters. The summed E-state index contributed by atoms with van der Waals surface area (Å²) >= 11 is 3.48. The normalized spacial score (nSPS) is 17.7. The zero-order valence-electron chi connectivity index (χ0n) is 23.1. The fourth-order valence-corrected chi connectivity index (χ4v) is 5.39. The Morgan fingerprint density at radius 1 is 1.11 bits per heavy atom. The molecule has 3 rings (SSSR count). The fraction of sp³-hybridized carbons (Fsp3) is 0.533. The van der Waals surface area contributed by atoms with Crippen LogP contribution < -0.4 is 15.4 Å². The molecule has 204 valence electrons. The van der Waals surface area contributed by atoms with Crippen molar-refractivity contribution in [3.63, 3.8) is 0 Å². The minimum atomic E-state index is -0.416. The van der Waals surface area contributed by atoms with Gasteiger partial charge in [0.05, 0.1) is 13.2 Å². The Balaban J connectivity index is 0.000000264. The number of halogens is 1. The van der Waals surface area contributed by atoms with E-state index in [2.05, 4.69) is 33.5 Å². The van der Waals surface area contributed by atoms with Gasteiger partial charge in [-0.3, -0.25) is 9.59 Å². The van der Waals surface area contributed by atoms with E-state index in [9.17, 15) is 14.7 Å². The van der Waals surface area contributed by atoms with E-state index < -0.39 is 6.10 Å². The summed E-state index contributed by atoms with van der Waals surface area (Å²) in [6.45, 7) is 10.0. The first-order valence-corrected chi connectivity index (χ1v) is 14.1. The minimum absolute atomic E-state index is 0.0586. The van der Waals surface area contributed by atoms with Crippen LogP contribution in [-0.2, 0) is 11.2 Å². The van der Waals surface area contributed by atoms with E-state index >= 15 is 0 Å². The van der Waals surface area contributed by atoms with Crippen LogP contribution in [0.2, 0.25) is 0 Å². The van der Waals surface area contributed by atoms with Crippen molar-refractivity contribution in [2.75, 3.05) is 24.3 Å². The minimum Gasteiger partial charge on any atom is -0.496 e. The highest BCUT2D eigenvalue weighted by atomic mass is 79.9. The molecule has 0 spiro atoms. The lowest BCUT2D eigenvalue weighted by Crippen LogP contribution is -2.27. The molecule has 0 radical (unpaired) electrons. The lowest BCUT2D eigenvalue weighted by Gasteiger charge is -2.27. The maximum Gasteiger partial charge on any atom is 0.227 e. The number of Topliss-reactive ketones (excluding diaryl/α,β-unsaturated/α-hetero) is 1. The van der Waals surface area contributed by atoms with E-state index in [1.807, 2.05) is 44.2 Å². The van der Waals surface area contributed by atoms with Crippen molar-refractivity contribution in [1.82, 2.24) is 0 Å². The Hall–Kier alpha value is -2.38. The molecule has 37 heavy (non-hydrogen) atoms. The van der Waals surface area contributed by atoms with Crippen LogP contribution in [0, 0.1) is 18.8 Å². The molecule has 1 aliphatic rings. The molecule has 1 amide bonds. The van der Waals surface area contributed by atoms with Gasteiger partial charge < -0.3 is 20.5 Å². The molecule has 0 bridgehead atoms. The highest BCUT2D eigenvalue weighted by molar-refractivity contribution is 9.10.